The minimum Gasteiger partial charge on any atom is -0.366 e. The molecule has 1 aliphatic rings. The van der Waals surface area contributed by atoms with Crippen molar-refractivity contribution in [3.8, 4) is 0 Å². The van der Waals surface area contributed by atoms with E-state index in [4.69, 9.17) is 16.8 Å². The zero-order valence-corrected chi connectivity index (χ0v) is 12.4. The average Bonchev–Trinajstić information content (AvgIpc) is 2.91. The Bertz CT molecular complexity index is 489. The van der Waals surface area contributed by atoms with Crippen molar-refractivity contribution in [2.75, 3.05) is 5.32 Å². The molecule has 20 heavy (non-hydrogen) atoms. The lowest BCUT2D eigenvalue weighted by Crippen LogP contribution is -2.16. The van der Waals surface area contributed by atoms with Crippen LogP contribution in [0.25, 0.3) is 6.08 Å². The van der Waals surface area contributed by atoms with Crippen molar-refractivity contribution in [1.82, 2.24) is 10.5 Å². The smallest absolute Gasteiger partial charge is 0.267 e. The second kappa shape index (κ2) is 8.09. The maximum atomic E-state index is 10.9. The Morgan fingerprint density at radius 1 is 1.45 bits per heavy atom. The third kappa shape index (κ3) is 4.67. The first-order chi connectivity index (χ1) is 9.19. The molecule has 3 N–H and O–H groups in total. The number of pyridine rings is 1. The van der Waals surface area contributed by atoms with Crippen LogP contribution in [0.3, 0.4) is 0 Å². The van der Waals surface area contributed by atoms with E-state index in [9.17, 15) is 4.79 Å². The first kappa shape index (κ1) is 16.8. The van der Waals surface area contributed by atoms with Crippen LogP contribution in [0.2, 0.25) is 5.02 Å². The van der Waals surface area contributed by atoms with E-state index in [1.165, 1.54) is 30.5 Å². The Morgan fingerprint density at radius 3 is 2.75 bits per heavy atom. The molecule has 2 rings (SSSR count). The molecular formula is C13H17Cl2N3O2. The summed E-state index contributed by atoms with van der Waals surface area (Å²) in [6.45, 7) is 0. The van der Waals surface area contributed by atoms with Gasteiger partial charge in [-0.15, -0.1) is 12.4 Å². The first-order valence-corrected chi connectivity index (χ1v) is 6.61. The molecule has 0 unspecified atom stereocenters. The fourth-order valence-corrected chi connectivity index (χ4v) is 2.35. The predicted molar refractivity (Wildman–Crippen MR) is 81.3 cm³/mol. The second-order valence-corrected chi connectivity index (χ2v) is 4.94. The molecule has 1 amide bonds. The molecule has 1 aromatic rings. The Labute approximate surface area is 128 Å². The van der Waals surface area contributed by atoms with E-state index >= 15 is 0 Å². The van der Waals surface area contributed by atoms with Gasteiger partial charge >= 0.3 is 0 Å². The second-order valence-electron chi connectivity index (χ2n) is 4.53. The Kier molecular flexibility index (Phi) is 6.78. The topological polar surface area (TPSA) is 74.2 Å². The molecule has 0 spiro atoms. The van der Waals surface area contributed by atoms with Crippen molar-refractivity contribution in [2.45, 2.75) is 31.7 Å². The highest BCUT2D eigenvalue weighted by atomic mass is 35.5. The molecule has 1 fully saturated rings. The number of hydroxylamine groups is 1. The van der Waals surface area contributed by atoms with Gasteiger partial charge in [-0.2, -0.15) is 0 Å². The van der Waals surface area contributed by atoms with Crippen molar-refractivity contribution in [3.63, 3.8) is 0 Å². The van der Waals surface area contributed by atoms with E-state index in [1.807, 2.05) is 0 Å². The molecule has 0 atom stereocenters. The summed E-state index contributed by atoms with van der Waals surface area (Å²) < 4.78 is 0. The highest BCUT2D eigenvalue weighted by Crippen LogP contribution is 2.26. The molecule has 1 heterocycles. The molecule has 7 heteroatoms. The fraction of sp³-hybridized carbons (Fsp3) is 0.385. The highest BCUT2D eigenvalue weighted by molar-refractivity contribution is 6.33. The van der Waals surface area contributed by atoms with Gasteiger partial charge in [-0.1, -0.05) is 24.4 Å². The number of anilines is 1. The molecular weight excluding hydrogens is 301 g/mol. The number of aromatic nitrogens is 1. The van der Waals surface area contributed by atoms with Crippen molar-refractivity contribution in [2.24, 2.45) is 0 Å². The summed E-state index contributed by atoms with van der Waals surface area (Å²) in [7, 11) is 0. The number of carbonyl (C=O) groups is 1. The summed E-state index contributed by atoms with van der Waals surface area (Å²) in [6, 6.07) is 2.18. The first-order valence-electron chi connectivity index (χ1n) is 6.23. The standard InChI is InChI=1S/C13H16ClN3O2.ClH/c14-11-7-9(5-6-12(18)17-19)8-15-13(11)16-10-3-1-2-4-10;/h5-8,10,19H,1-4H2,(H,15,16)(H,17,18);1H/b6-5+;. The summed E-state index contributed by atoms with van der Waals surface area (Å²) in [6.07, 6.45) is 9.15. The zero-order valence-electron chi connectivity index (χ0n) is 10.8. The van der Waals surface area contributed by atoms with E-state index in [1.54, 1.807) is 12.3 Å². The lowest BCUT2D eigenvalue weighted by atomic mass is 10.2. The van der Waals surface area contributed by atoms with E-state index in [0.717, 1.165) is 12.8 Å². The molecule has 0 aromatic carbocycles. The highest BCUT2D eigenvalue weighted by Gasteiger charge is 2.16. The molecule has 110 valence electrons. The Hall–Kier alpha value is -1.30. The summed E-state index contributed by atoms with van der Waals surface area (Å²) in [5, 5.41) is 12.2. The lowest BCUT2D eigenvalue weighted by Gasteiger charge is -2.13. The van der Waals surface area contributed by atoms with Gasteiger partial charge in [-0.3, -0.25) is 10.0 Å². The number of nitrogens with zero attached hydrogens (tertiary/aromatic N) is 1. The van der Waals surface area contributed by atoms with Gasteiger partial charge in [0, 0.05) is 18.3 Å². The van der Waals surface area contributed by atoms with Gasteiger partial charge in [0.15, 0.2) is 0 Å². The van der Waals surface area contributed by atoms with Gasteiger partial charge < -0.3 is 5.32 Å². The SMILES string of the molecule is Cl.O=C(/C=C/c1cnc(NC2CCCC2)c(Cl)c1)NO. The maximum Gasteiger partial charge on any atom is 0.267 e. The Balaban J connectivity index is 0.00000200. The van der Waals surface area contributed by atoms with E-state index in [0.29, 0.717) is 22.4 Å². The van der Waals surface area contributed by atoms with Crippen LogP contribution in [0.4, 0.5) is 5.82 Å². The molecule has 0 radical (unpaired) electrons. The summed E-state index contributed by atoms with van der Waals surface area (Å²) in [5.74, 6) is 0.0848. The number of nitrogens with one attached hydrogen (secondary N) is 2. The van der Waals surface area contributed by atoms with Gasteiger partial charge in [0.2, 0.25) is 0 Å². The molecule has 5 nitrogen and oxygen atoms in total. The quantitative estimate of drug-likeness (QED) is 0.453. The molecule has 0 bridgehead atoms. The minimum absolute atomic E-state index is 0. The van der Waals surface area contributed by atoms with Crippen LogP contribution >= 0.6 is 24.0 Å². The maximum absolute atomic E-state index is 10.9. The number of carbonyl (C=O) groups excluding carboxylic acids is 1. The fourth-order valence-electron chi connectivity index (χ4n) is 2.12. The van der Waals surface area contributed by atoms with Gasteiger partial charge in [0.1, 0.15) is 5.82 Å². The molecule has 1 saturated carbocycles. The van der Waals surface area contributed by atoms with Crippen LogP contribution in [0.5, 0.6) is 0 Å². The van der Waals surface area contributed by atoms with Crippen LogP contribution < -0.4 is 10.8 Å². The minimum atomic E-state index is -0.593. The predicted octanol–water partition coefficient (Wildman–Crippen LogP) is 3.03. The number of amides is 1. The largest absolute Gasteiger partial charge is 0.366 e. The van der Waals surface area contributed by atoms with Gasteiger partial charge in [0.05, 0.1) is 5.02 Å². The van der Waals surface area contributed by atoms with Crippen molar-refractivity contribution in [3.05, 3.63) is 28.9 Å². The van der Waals surface area contributed by atoms with Crippen molar-refractivity contribution >= 4 is 41.8 Å². The zero-order chi connectivity index (χ0) is 13.7. The van der Waals surface area contributed by atoms with E-state index in [-0.39, 0.29) is 12.4 Å². The summed E-state index contributed by atoms with van der Waals surface area (Å²) in [5.41, 5.74) is 2.22. The molecule has 1 aliphatic carbocycles. The number of halogens is 2. The summed E-state index contributed by atoms with van der Waals surface area (Å²) >= 11 is 6.15. The number of hydrogen-bond donors (Lipinski definition) is 3. The third-order valence-corrected chi connectivity index (χ3v) is 3.38. The summed E-state index contributed by atoms with van der Waals surface area (Å²) in [4.78, 5) is 15.1. The van der Waals surface area contributed by atoms with Crippen LogP contribution in [-0.2, 0) is 4.79 Å². The van der Waals surface area contributed by atoms with Gasteiger partial charge in [-0.05, 0) is 30.5 Å². The van der Waals surface area contributed by atoms with E-state index < -0.39 is 5.91 Å². The van der Waals surface area contributed by atoms with Gasteiger partial charge in [0.25, 0.3) is 5.91 Å². The van der Waals surface area contributed by atoms with E-state index in [2.05, 4.69) is 10.3 Å². The molecule has 1 aromatic heterocycles. The lowest BCUT2D eigenvalue weighted by molar-refractivity contribution is -0.124. The monoisotopic (exact) mass is 317 g/mol. The number of hydrogen-bond acceptors (Lipinski definition) is 4. The molecule has 0 aliphatic heterocycles. The third-order valence-electron chi connectivity index (χ3n) is 3.10. The normalized spacial score (nSPS) is 15.1. The Morgan fingerprint density at radius 2 is 2.15 bits per heavy atom. The number of rotatable bonds is 4. The van der Waals surface area contributed by atoms with Crippen molar-refractivity contribution in [1.29, 1.82) is 0 Å². The molecule has 0 saturated heterocycles. The van der Waals surface area contributed by atoms with Crippen LogP contribution in [0.15, 0.2) is 18.3 Å². The van der Waals surface area contributed by atoms with Crippen LogP contribution in [-0.4, -0.2) is 22.1 Å². The van der Waals surface area contributed by atoms with Crippen molar-refractivity contribution < 1.29 is 10.0 Å². The van der Waals surface area contributed by atoms with Crippen LogP contribution in [0.1, 0.15) is 31.2 Å². The van der Waals surface area contributed by atoms with Gasteiger partial charge in [-0.25, -0.2) is 10.5 Å². The average molecular weight is 318 g/mol. The van der Waals surface area contributed by atoms with Crippen LogP contribution in [0, 0.1) is 0 Å².